The van der Waals surface area contributed by atoms with Crippen molar-refractivity contribution in [1.29, 1.82) is 0 Å². The zero-order valence-electron chi connectivity index (χ0n) is 21.4. The molecule has 6 nitrogen and oxygen atoms in total. The van der Waals surface area contributed by atoms with Gasteiger partial charge in [-0.3, -0.25) is 0 Å². The summed E-state index contributed by atoms with van der Waals surface area (Å²) in [5.74, 6) is 1.59. The molecule has 0 N–H and O–H groups in total. The first-order chi connectivity index (χ1) is 15.9. The highest BCUT2D eigenvalue weighted by molar-refractivity contribution is 7.90. The van der Waals surface area contributed by atoms with Crippen LogP contribution in [0.15, 0.2) is 35.6 Å². The molecule has 1 saturated carbocycles. The van der Waals surface area contributed by atoms with E-state index in [1.165, 1.54) is 19.1 Å². The van der Waals surface area contributed by atoms with Crippen LogP contribution in [0.2, 0.25) is 0 Å². The maximum absolute atomic E-state index is 11.8. The lowest BCUT2D eigenvalue weighted by atomic mass is 9.93. The van der Waals surface area contributed by atoms with Crippen molar-refractivity contribution < 1.29 is 22.6 Å². The molecule has 2 saturated heterocycles. The maximum atomic E-state index is 11.8. The summed E-state index contributed by atoms with van der Waals surface area (Å²) in [4.78, 5) is 2.75. The number of sulfone groups is 1. The summed E-state index contributed by atoms with van der Waals surface area (Å²) in [5.41, 5.74) is 0.638. The summed E-state index contributed by atoms with van der Waals surface area (Å²) in [5, 5.41) is 0. The Morgan fingerprint density at radius 1 is 0.971 bits per heavy atom. The molecule has 0 spiro atoms. The number of rotatable bonds is 7. The molecule has 4 rings (SSSR count). The first-order valence-corrected chi connectivity index (χ1v) is 14.6. The maximum Gasteiger partial charge on any atom is 0.182 e. The molecule has 3 atom stereocenters. The molecule has 3 fully saturated rings. The Labute approximate surface area is 205 Å². The van der Waals surface area contributed by atoms with E-state index in [-0.39, 0.29) is 11.7 Å². The standard InChI is InChI=1S/C27H41NO5S/c1-18-15-25(34(6,29)30)13-14-26(18)32-23-11-9-22(10-12-23)31-24-16-20-7-8-21(17-24)28(20)19(2)33-27(3,4)5/h13-15,20-24H,2,7-12,16-17H2,1,3-6H3/t20-,21+,22?,23?,24?. The molecule has 1 aromatic rings. The molecule has 7 heteroatoms. The Bertz CT molecular complexity index is 977. The smallest absolute Gasteiger partial charge is 0.182 e. The van der Waals surface area contributed by atoms with E-state index < -0.39 is 9.84 Å². The first-order valence-electron chi connectivity index (χ1n) is 12.7. The second-order valence-corrected chi connectivity index (χ2v) is 13.4. The third-order valence-electron chi connectivity index (χ3n) is 7.28. The molecule has 1 aromatic carbocycles. The van der Waals surface area contributed by atoms with Crippen molar-refractivity contribution in [3.63, 3.8) is 0 Å². The monoisotopic (exact) mass is 491 g/mol. The highest BCUT2D eigenvalue weighted by Gasteiger charge is 2.43. The van der Waals surface area contributed by atoms with Crippen LogP contribution in [0.5, 0.6) is 5.75 Å². The van der Waals surface area contributed by atoms with Crippen LogP contribution >= 0.6 is 0 Å². The molecule has 2 heterocycles. The average molecular weight is 492 g/mol. The molecular weight excluding hydrogens is 450 g/mol. The van der Waals surface area contributed by atoms with E-state index in [1.54, 1.807) is 18.2 Å². The summed E-state index contributed by atoms with van der Waals surface area (Å²) in [6.45, 7) is 12.3. The van der Waals surface area contributed by atoms with Gasteiger partial charge in [-0.2, -0.15) is 0 Å². The summed E-state index contributed by atoms with van der Waals surface area (Å²) in [6, 6.07) is 6.05. The molecule has 1 unspecified atom stereocenters. The minimum absolute atomic E-state index is 0.151. The Kier molecular flexibility index (Phi) is 7.26. The zero-order valence-corrected chi connectivity index (χ0v) is 22.2. The van der Waals surface area contributed by atoms with Crippen LogP contribution in [0.25, 0.3) is 0 Å². The second-order valence-electron chi connectivity index (χ2n) is 11.3. The Morgan fingerprint density at radius 3 is 2.09 bits per heavy atom. The Hall–Kier alpha value is -1.73. The summed E-state index contributed by atoms with van der Waals surface area (Å²) in [6.07, 6.45) is 10.4. The van der Waals surface area contributed by atoms with E-state index in [0.29, 0.717) is 29.2 Å². The lowest BCUT2D eigenvalue weighted by Gasteiger charge is -2.43. The van der Waals surface area contributed by atoms with E-state index in [0.717, 1.165) is 55.7 Å². The predicted octanol–water partition coefficient (Wildman–Crippen LogP) is 5.39. The Morgan fingerprint density at radius 2 is 1.56 bits per heavy atom. The van der Waals surface area contributed by atoms with Gasteiger partial charge in [0.1, 0.15) is 11.4 Å². The highest BCUT2D eigenvalue weighted by atomic mass is 32.2. The molecular formula is C27H41NO5S. The van der Waals surface area contributed by atoms with Gasteiger partial charge >= 0.3 is 0 Å². The number of nitrogens with zero attached hydrogens (tertiary/aromatic N) is 1. The van der Waals surface area contributed by atoms with E-state index in [1.807, 2.05) is 6.92 Å². The SMILES string of the molecule is C=C(OC(C)(C)C)N1[C@@H]2CC[C@H]1CC(OC1CCC(Oc3ccc(S(C)(=O)=O)cc3C)CC1)C2. The van der Waals surface area contributed by atoms with Gasteiger partial charge in [-0.15, -0.1) is 0 Å². The Balaban J connectivity index is 1.25. The van der Waals surface area contributed by atoms with Crippen LogP contribution < -0.4 is 4.74 Å². The van der Waals surface area contributed by atoms with Crippen LogP contribution in [0.4, 0.5) is 0 Å². The van der Waals surface area contributed by atoms with E-state index in [2.05, 4.69) is 32.3 Å². The van der Waals surface area contributed by atoms with Gasteiger partial charge in [0, 0.05) is 18.3 Å². The molecule has 34 heavy (non-hydrogen) atoms. The third kappa shape index (κ3) is 6.09. The number of hydrogen-bond donors (Lipinski definition) is 0. The summed E-state index contributed by atoms with van der Waals surface area (Å²) < 4.78 is 42.5. The number of piperidine rings is 1. The van der Waals surface area contributed by atoms with Crippen molar-refractivity contribution in [2.24, 2.45) is 0 Å². The van der Waals surface area contributed by atoms with Crippen molar-refractivity contribution in [1.82, 2.24) is 4.90 Å². The van der Waals surface area contributed by atoms with Gasteiger partial charge in [0.2, 0.25) is 0 Å². The number of benzene rings is 1. The van der Waals surface area contributed by atoms with Crippen LogP contribution in [-0.2, 0) is 19.3 Å². The van der Waals surface area contributed by atoms with Crippen molar-refractivity contribution in [2.75, 3.05) is 6.26 Å². The highest BCUT2D eigenvalue weighted by Crippen LogP contribution is 2.41. The number of fused-ring (bicyclic) bond motifs is 2. The van der Waals surface area contributed by atoms with Gasteiger partial charge in [0.25, 0.3) is 0 Å². The molecule has 0 radical (unpaired) electrons. The van der Waals surface area contributed by atoms with Crippen LogP contribution in [0.1, 0.15) is 77.7 Å². The average Bonchev–Trinajstić information content (AvgIpc) is 3.00. The normalized spacial score (nSPS) is 29.7. The number of ether oxygens (including phenoxy) is 3. The van der Waals surface area contributed by atoms with Crippen LogP contribution in [0.3, 0.4) is 0 Å². The van der Waals surface area contributed by atoms with Crippen molar-refractivity contribution in [3.05, 3.63) is 36.2 Å². The first kappa shape index (κ1) is 25.4. The molecule has 0 amide bonds. The predicted molar refractivity (Wildman–Crippen MR) is 134 cm³/mol. The van der Waals surface area contributed by atoms with E-state index >= 15 is 0 Å². The topological polar surface area (TPSA) is 65.1 Å². The van der Waals surface area contributed by atoms with Gasteiger partial charge in [-0.25, -0.2) is 8.42 Å². The van der Waals surface area contributed by atoms with Crippen LogP contribution in [0, 0.1) is 6.92 Å². The third-order valence-corrected chi connectivity index (χ3v) is 8.39. The van der Waals surface area contributed by atoms with Crippen molar-refractivity contribution in [2.45, 2.75) is 120 Å². The fourth-order valence-corrected chi connectivity index (χ4v) is 6.48. The fourth-order valence-electron chi connectivity index (χ4n) is 5.77. The molecule has 190 valence electrons. The largest absolute Gasteiger partial charge is 0.490 e. The van der Waals surface area contributed by atoms with Gasteiger partial charge in [0.15, 0.2) is 15.7 Å². The number of hydrogen-bond acceptors (Lipinski definition) is 6. The van der Waals surface area contributed by atoms with Gasteiger partial charge in [-0.1, -0.05) is 0 Å². The minimum Gasteiger partial charge on any atom is -0.490 e. The van der Waals surface area contributed by atoms with Crippen molar-refractivity contribution in [3.8, 4) is 5.75 Å². The lowest BCUT2D eigenvalue weighted by molar-refractivity contribution is -0.0911. The van der Waals surface area contributed by atoms with E-state index in [9.17, 15) is 8.42 Å². The fraction of sp³-hybridized carbons (Fsp3) is 0.704. The van der Waals surface area contributed by atoms with Gasteiger partial charge < -0.3 is 19.1 Å². The molecule has 0 aromatic heterocycles. The quantitative estimate of drug-likeness (QED) is 0.477. The van der Waals surface area contributed by atoms with Gasteiger partial charge in [-0.05, 0) is 109 Å². The molecule has 2 aliphatic heterocycles. The second kappa shape index (κ2) is 9.73. The van der Waals surface area contributed by atoms with Gasteiger partial charge in [0.05, 0.1) is 23.2 Å². The number of aryl methyl sites for hydroxylation is 1. The summed E-state index contributed by atoms with van der Waals surface area (Å²) >= 11 is 0. The zero-order chi connectivity index (χ0) is 24.7. The molecule has 3 aliphatic rings. The summed E-state index contributed by atoms with van der Waals surface area (Å²) in [7, 11) is -3.20. The minimum atomic E-state index is -3.20. The van der Waals surface area contributed by atoms with Crippen molar-refractivity contribution >= 4 is 9.84 Å². The lowest BCUT2D eigenvalue weighted by Crippen LogP contribution is -2.47. The van der Waals surface area contributed by atoms with E-state index in [4.69, 9.17) is 14.2 Å². The molecule has 1 aliphatic carbocycles. The van der Waals surface area contributed by atoms with Crippen LogP contribution in [-0.4, -0.2) is 55.6 Å². The molecule has 2 bridgehead atoms.